The molecule has 0 radical (unpaired) electrons. The first-order chi connectivity index (χ1) is 15.3. The molecule has 1 aromatic rings. The average molecular weight is 429 g/mol. The summed E-state index contributed by atoms with van der Waals surface area (Å²) in [5.41, 5.74) is 1.51. The Morgan fingerprint density at radius 2 is 1.42 bits per heavy atom. The van der Waals surface area contributed by atoms with E-state index >= 15 is 0 Å². The van der Waals surface area contributed by atoms with Gasteiger partial charge in [0.05, 0.1) is 12.9 Å². The second-order valence-corrected chi connectivity index (χ2v) is 10.3. The van der Waals surface area contributed by atoms with Crippen molar-refractivity contribution >= 4 is 0 Å². The lowest BCUT2D eigenvalue weighted by molar-refractivity contribution is 0.231. The van der Waals surface area contributed by atoms with Crippen LogP contribution in [0.1, 0.15) is 115 Å². The highest BCUT2D eigenvalue weighted by Crippen LogP contribution is 2.40. The summed E-state index contributed by atoms with van der Waals surface area (Å²) < 4.78 is 18.1. The van der Waals surface area contributed by atoms with Gasteiger partial charge in [-0.3, -0.25) is 0 Å². The predicted molar refractivity (Wildman–Crippen MR) is 130 cm³/mol. The zero-order valence-corrected chi connectivity index (χ0v) is 19.9. The molecule has 0 N–H and O–H groups in total. The second kappa shape index (κ2) is 14.0. The number of unbranched alkanes of at least 4 members (excludes halogenated alkanes) is 3. The SMILES string of the molecule is CCCCCCOc1ccc(C2CCC(CCC3CCC(C/C=C/F)CC3)CC2)cc1. The maximum Gasteiger partial charge on any atom is 0.119 e. The van der Waals surface area contributed by atoms with Crippen molar-refractivity contribution < 1.29 is 9.13 Å². The zero-order chi connectivity index (χ0) is 21.7. The maximum atomic E-state index is 12.2. The van der Waals surface area contributed by atoms with Gasteiger partial charge >= 0.3 is 0 Å². The van der Waals surface area contributed by atoms with Crippen molar-refractivity contribution in [3.8, 4) is 5.75 Å². The highest BCUT2D eigenvalue weighted by atomic mass is 19.1. The fourth-order valence-electron chi connectivity index (χ4n) is 5.81. The molecule has 2 aliphatic rings. The molecule has 1 aromatic carbocycles. The summed E-state index contributed by atoms with van der Waals surface area (Å²) in [6.07, 6.45) is 22.1. The topological polar surface area (TPSA) is 9.23 Å². The molecule has 0 atom stereocenters. The quantitative estimate of drug-likeness (QED) is 0.301. The van der Waals surface area contributed by atoms with Crippen molar-refractivity contribution in [3.05, 3.63) is 42.2 Å². The van der Waals surface area contributed by atoms with Gasteiger partial charge in [0.1, 0.15) is 5.75 Å². The van der Waals surface area contributed by atoms with Crippen molar-refractivity contribution in [2.75, 3.05) is 6.61 Å². The number of rotatable bonds is 12. The summed E-state index contributed by atoms with van der Waals surface area (Å²) in [6.45, 7) is 3.09. The molecule has 174 valence electrons. The largest absolute Gasteiger partial charge is 0.494 e. The van der Waals surface area contributed by atoms with Crippen LogP contribution < -0.4 is 4.74 Å². The van der Waals surface area contributed by atoms with Crippen LogP contribution in [0.5, 0.6) is 5.75 Å². The van der Waals surface area contributed by atoms with Crippen molar-refractivity contribution in [1.82, 2.24) is 0 Å². The molecule has 0 amide bonds. The molecule has 3 rings (SSSR count). The molecule has 0 unspecified atom stereocenters. The molecule has 0 spiro atoms. The summed E-state index contributed by atoms with van der Waals surface area (Å²) >= 11 is 0. The lowest BCUT2D eigenvalue weighted by Gasteiger charge is -2.32. The van der Waals surface area contributed by atoms with Crippen LogP contribution in [0.4, 0.5) is 4.39 Å². The van der Waals surface area contributed by atoms with Crippen molar-refractivity contribution in [1.29, 1.82) is 0 Å². The molecule has 31 heavy (non-hydrogen) atoms. The highest BCUT2D eigenvalue weighted by molar-refractivity contribution is 5.29. The fourth-order valence-corrected chi connectivity index (χ4v) is 5.81. The minimum absolute atomic E-state index is 0.722. The lowest BCUT2D eigenvalue weighted by atomic mass is 9.74. The standard InChI is InChI=1S/C29H45FO/c1-2-3-4-5-23-31-29-20-18-28(19-21-29)27-16-14-26(15-17-27)13-12-25-10-8-24(9-11-25)7-6-22-30/h6,18-22,24-27H,2-5,7-17,23H2,1H3/b22-6+. The van der Waals surface area contributed by atoms with Crippen LogP contribution in [-0.4, -0.2) is 6.61 Å². The number of hydrogen-bond donors (Lipinski definition) is 0. The Morgan fingerprint density at radius 1 is 0.806 bits per heavy atom. The Balaban J connectivity index is 1.30. The van der Waals surface area contributed by atoms with Gasteiger partial charge in [0.2, 0.25) is 0 Å². The third-order valence-electron chi connectivity index (χ3n) is 7.97. The van der Waals surface area contributed by atoms with Gasteiger partial charge in [0.25, 0.3) is 0 Å². The first-order valence-electron chi connectivity index (χ1n) is 13.3. The summed E-state index contributed by atoms with van der Waals surface area (Å²) in [6, 6.07) is 8.98. The number of hydrogen-bond acceptors (Lipinski definition) is 1. The van der Waals surface area contributed by atoms with Crippen LogP contribution in [-0.2, 0) is 0 Å². The zero-order valence-electron chi connectivity index (χ0n) is 19.9. The number of allylic oxidation sites excluding steroid dienone is 1. The van der Waals surface area contributed by atoms with Gasteiger partial charge in [-0.15, -0.1) is 0 Å². The Labute approximate surface area is 190 Å². The third-order valence-corrected chi connectivity index (χ3v) is 7.97. The van der Waals surface area contributed by atoms with E-state index in [-0.39, 0.29) is 0 Å². The summed E-state index contributed by atoms with van der Waals surface area (Å²) in [5, 5.41) is 0. The molecule has 0 aromatic heterocycles. The van der Waals surface area contributed by atoms with Crippen LogP contribution in [0.15, 0.2) is 36.7 Å². The van der Waals surface area contributed by atoms with Gasteiger partial charge < -0.3 is 4.74 Å². The van der Waals surface area contributed by atoms with Crippen LogP contribution in [0.25, 0.3) is 0 Å². The maximum absolute atomic E-state index is 12.2. The van der Waals surface area contributed by atoms with E-state index in [9.17, 15) is 4.39 Å². The Bertz CT molecular complexity index is 606. The minimum atomic E-state index is 0.722. The van der Waals surface area contributed by atoms with Gasteiger partial charge in [-0.1, -0.05) is 70.1 Å². The summed E-state index contributed by atoms with van der Waals surface area (Å²) in [5.74, 6) is 4.38. The minimum Gasteiger partial charge on any atom is -0.494 e. The summed E-state index contributed by atoms with van der Waals surface area (Å²) in [4.78, 5) is 0. The van der Waals surface area contributed by atoms with Gasteiger partial charge in [0.15, 0.2) is 0 Å². The second-order valence-electron chi connectivity index (χ2n) is 10.3. The van der Waals surface area contributed by atoms with Gasteiger partial charge in [0, 0.05) is 0 Å². The van der Waals surface area contributed by atoms with E-state index in [4.69, 9.17) is 4.74 Å². The molecule has 0 saturated heterocycles. The van der Waals surface area contributed by atoms with E-state index < -0.39 is 0 Å². The van der Waals surface area contributed by atoms with E-state index in [0.29, 0.717) is 0 Å². The lowest BCUT2D eigenvalue weighted by Crippen LogP contribution is -2.17. The van der Waals surface area contributed by atoms with E-state index in [0.717, 1.165) is 55.2 Å². The molecule has 0 bridgehead atoms. The number of ether oxygens (including phenoxy) is 1. The van der Waals surface area contributed by atoms with Gasteiger partial charge in [-0.25, -0.2) is 4.39 Å². The van der Waals surface area contributed by atoms with Crippen molar-refractivity contribution in [2.45, 2.75) is 109 Å². The first kappa shape index (κ1) is 24.3. The highest BCUT2D eigenvalue weighted by Gasteiger charge is 2.25. The van der Waals surface area contributed by atoms with E-state index in [1.807, 2.05) is 0 Å². The molecule has 2 aliphatic carbocycles. The Morgan fingerprint density at radius 3 is 2.03 bits per heavy atom. The predicted octanol–water partition coefficient (Wildman–Crippen LogP) is 9.38. The van der Waals surface area contributed by atoms with E-state index in [2.05, 4.69) is 31.2 Å². The van der Waals surface area contributed by atoms with Crippen LogP contribution >= 0.6 is 0 Å². The van der Waals surface area contributed by atoms with Crippen molar-refractivity contribution in [3.63, 3.8) is 0 Å². The normalized spacial score (nSPS) is 26.9. The number of halogens is 1. The first-order valence-corrected chi connectivity index (χ1v) is 13.3. The van der Waals surface area contributed by atoms with Crippen LogP contribution in [0.2, 0.25) is 0 Å². The molecule has 0 aliphatic heterocycles. The Hall–Kier alpha value is -1.31. The van der Waals surface area contributed by atoms with E-state index in [1.54, 1.807) is 6.08 Å². The molecular formula is C29H45FO. The van der Waals surface area contributed by atoms with Gasteiger partial charge in [-0.2, -0.15) is 0 Å². The van der Waals surface area contributed by atoms with Crippen molar-refractivity contribution in [2.24, 2.45) is 17.8 Å². The molecular weight excluding hydrogens is 383 g/mol. The number of benzene rings is 1. The monoisotopic (exact) mass is 428 g/mol. The van der Waals surface area contributed by atoms with Crippen LogP contribution in [0, 0.1) is 17.8 Å². The molecule has 0 heterocycles. The Kier molecular flexibility index (Phi) is 11.0. The summed E-state index contributed by atoms with van der Waals surface area (Å²) in [7, 11) is 0. The van der Waals surface area contributed by atoms with E-state index in [1.165, 1.54) is 89.0 Å². The molecule has 2 fully saturated rings. The molecule has 2 heteroatoms. The molecule has 2 saturated carbocycles. The van der Waals surface area contributed by atoms with Crippen LogP contribution in [0.3, 0.4) is 0 Å². The smallest absolute Gasteiger partial charge is 0.119 e. The fraction of sp³-hybridized carbons (Fsp3) is 0.724. The van der Waals surface area contributed by atoms with Gasteiger partial charge in [-0.05, 0) is 92.7 Å². The third kappa shape index (κ3) is 8.62. The average Bonchev–Trinajstić information content (AvgIpc) is 2.83. The molecule has 1 nitrogen and oxygen atoms in total.